The Morgan fingerprint density at radius 2 is 2.06 bits per heavy atom. The minimum Gasteiger partial charge on any atom is -0.317 e. The van der Waals surface area contributed by atoms with Gasteiger partial charge < -0.3 is 5.32 Å². The van der Waals surface area contributed by atoms with E-state index < -0.39 is 10.8 Å². The van der Waals surface area contributed by atoms with Gasteiger partial charge in [-0.15, -0.1) is 0 Å². The maximum absolute atomic E-state index is 12.3. The molecular formula is C15H25NOS. The van der Waals surface area contributed by atoms with Crippen LogP contribution in [0.25, 0.3) is 0 Å². The summed E-state index contributed by atoms with van der Waals surface area (Å²) in [6.07, 6.45) is 3.25. The first-order valence-corrected chi connectivity index (χ1v) is 8.03. The maximum atomic E-state index is 12.3. The molecule has 0 spiro atoms. The zero-order chi connectivity index (χ0) is 13.5. The lowest BCUT2D eigenvalue weighted by atomic mass is 10.1. The zero-order valence-corrected chi connectivity index (χ0v) is 12.8. The molecule has 0 aliphatic rings. The van der Waals surface area contributed by atoms with E-state index in [1.54, 1.807) is 0 Å². The van der Waals surface area contributed by atoms with Crippen molar-refractivity contribution in [3.05, 3.63) is 29.3 Å². The lowest BCUT2D eigenvalue weighted by molar-refractivity contribution is 0.503. The van der Waals surface area contributed by atoms with Crippen LogP contribution in [0.15, 0.2) is 23.1 Å². The first-order chi connectivity index (χ1) is 8.58. The molecule has 0 aromatic heterocycles. The number of aryl methyl sites for hydroxylation is 2. The summed E-state index contributed by atoms with van der Waals surface area (Å²) in [6.45, 7) is 6.27. The highest BCUT2D eigenvalue weighted by Gasteiger charge is 2.09. The van der Waals surface area contributed by atoms with E-state index in [2.05, 4.69) is 30.4 Å². The van der Waals surface area contributed by atoms with Gasteiger partial charge in [0.1, 0.15) is 0 Å². The van der Waals surface area contributed by atoms with Crippen molar-refractivity contribution in [1.29, 1.82) is 0 Å². The third-order valence-electron chi connectivity index (χ3n) is 3.37. The molecule has 0 fully saturated rings. The van der Waals surface area contributed by atoms with Gasteiger partial charge in [-0.05, 0) is 57.4 Å². The van der Waals surface area contributed by atoms with E-state index in [9.17, 15) is 4.21 Å². The van der Waals surface area contributed by atoms with E-state index in [4.69, 9.17) is 0 Å². The standard InChI is InChI=1S/C15H25NOS/c1-5-14(16-4)7-6-10-18(17)15-11-12(2)8-9-13(15)3/h8-9,11,14,16H,5-7,10H2,1-4H3. The van der Waals surface area contributed by atoms with Crippen LogP contribution in [-0.2, 0) is 10.8 Å². The Bertz CT molecular complexity index is 399. The van der Waals surface area contributed by atoms with Gasteiger partial charge in [-0.1, -0.05) is 19.1 Å². The quantitative estimate of drug-likeness (QED) is 0.822. The summed E-state index contributed by atoms with van der Waals surface area (Å²) in [6, 6.07) is 6.75. The molecule has 0 aliphatic carbocycles. The molecule has 0 saturated heterocycles. The fourth-order valence-electron chi connectivity index (χ4n) is 2.08. The number of hydrogen-bond donors (Lipinski definition) is 1. The van der Waals surface area contributed by atoms with Gasteiger partial charge in [0.15, 0.2) is 0 Å². The average Bonchev–Trinajstić information content (AvgIpc) is 2.37. The Hall–Kier alpha value is -0.670. The number of rotatable bonds is 7. The third kappa shape index (κ3) is 4.54. The minimum absolute atomic E-state index is 0.556. The molecule has 0 amide bonds. The summed E-state index contributed by atoms with van der Waals surface area (Å²) < 4.78 is 12.3. The summed E-state index contributed by atoms with van der Waals surface area (Å²) in [5, 5.41) is 3.29. The van der Waals surface area contributed by atoms with E-state index in [-0.39, 0.29) is 0 Å². The van der Waals surface area contributed by atoms with Crippen molar-refractivity contribution >= 4 is 10.8 Å². The molecule has 0 heterocycles. The van der Waals surface area contributed by atoms with Crippen LogP contribution in [0, 0.1) is 13.8 Å². The largest absolute Gasteiger partial charge is 0.317 e. The van der Waals surface area contributed by atoms with Crippen molar-refractivity contribution in [3.8, 4) is 0 Å². The van der Waals surface area contributed by atoms with Crippen molar-refractivity contribution < 1.29 is 4.21 Å². The predicted molar refractivity (Wildman–Crippen MR) is 79.6 cm³/mol. The molecule has 3 heteroatoms. The molecule has 18 heavy (non-hydrogen) atoms. The van der Waals surface area contributed by atoms with Crippen molar-refractivity contribution in [2.75, 3.05) is 12.8 Å². The topological polar surface area (TPSA) is 29.1 Å². The van der Waals surface area contributed by atoms with E-state index in [0.29, 0.717) is 6.04 Å². The Balaban J connectivity index is 2.53. The van der Waals surface area contributed by atoms with Crippen LogP contribution in [0.3, 0.4) is 0 Å². The molecule has 2 nitrogen and oxygen atoms in total. The van der Waals surface area contributed by atoms with Crippen LogP contribution in [0.4, 0.5) is 0 Å². The van der Waals surface area contributed by atoms with Gasteiger partial charge in [-0.3, -0.25) is 4.21 Å². The minimum atomic E-state index is -0.853. The van der Waals surface area contributed by atoms with Gasteiger partial charge in [-0.2, -0.15) is 0 Å². The number of nitrogens with one attached hydrogen (secondary N) is 1. The molecule has 0 bridgehead atoms. The first-order valence-electron chi connectivity index (χ1n) is 6.71. The highest BCUT2D eigenvalue weighted by molar-refractivity contribution is 7.85. The Kier molecular flexibility index (Phi) is 6.58. The van der Waals surface area contributed by atoms with Crippen LogP contribution in [0.2, 0.25) is 0 Å². The molecule has 0 radical (unpaired) electrons. The van der Waals surface area contributed by atoms with Gasteiger partial charge in [0.05, 0.1) is 10.8 Å². The first kappa shape index (κ1) is 15.4. The predicted octanol–water partition coefficient (Wildman–Crippen LogP) is 3.19. The monoisotopic (exact) mass is 267 g/mol. The average molecular weight is 267 g/mol. The summed E-state index contributed by atoms with van der Waals surface area (Å²) in [4.78, 5) is 1.01. The highest BCUT2D eigenvalue weighted by Crippen LogP contribution is 2.16. The number of benzene rings is 1. The van der Waals surface area contributed by atoms with Gasteiger partial charge >= 0.3 is 0 Å². The van der Waals surface area contributed by atoms with Crippen molar-refractivity contribution in [1.82, 2.24) is 5.32 Å². The van der Waals surface area contributed by atoms with Crippen molar-refractivity contribution in [2.24, 2.45) is 0 Å². The number of hydrogen-bond acceptors (Lipinski definition) is 2. The summed E-state index contributed by atoms with van der Waals surface area (Å²) in [5.41, 5.74) is 2.32. The third-order valence-corrected chi connectivity index (χ3v) is 4.96. The second kappa shape index (κ2) is 7.70. The SMILES string of the molecule is CCC(CCCS(=O)c1cc(C)ccc1C)NC. The normalized spacial score (nSPS) is 14.4. The molecule has 0 saturated carbocycles. The Morgan fingerprint density at radius 1 is 1.33 bits per heavy atom. The molecule has 1 aromatic rings. The molecular weight excluding hydrogens is 242 g/mol. The van der Waals surface area contributed by atoms with E-state index in [1.807, 2.05) is 20.9 Å². The fraction of sp³-hybridized carbons (Fsp3) is 0.600. The summed E-state index contributed by atoms with van der Waals surface area (Å²) >= 11 is 0. The fourth-order valence-corrected chi connectivity index (χ4v) is 3.47. The molecule has 102 valence electrons. The smallest absolute Gasteiger partial charge is 0.0532 e. The molecule has 1 N–H and O–H groups in total. The summed E-state index contributed by atoms with van der Waals surface area (Å²) in [7, 11) is 1.14. The van der Waals surface area contributed by atoms with Crippen molar-refractivity contribution in [2.45, 2.75) is 51.0 Å². The maximum Gasteiger partial charge on any atom is 0.0532 e. The van der Waals surface area contributed by atoms with Crippen LogP contribution in [-0.4, -0.2) is 23.1 Å². The lowest BCUT2D eigenvalue weighted by Gasteiger charge is -2.13. The second-order valence-corrected chi connectivity index (χ2v) is 6.39. The molecule has 1 aromatic carbocycles. The highest BCUT2D eigenvalue weighted by atomic mass is 32.2. The van der Waals surface area contributed by atoms with Crippen LogP contribution < -0.4 is 5.32 Å². The van der Waals surface area contributed by atoms with Crippen LogP contribution >= 0.6 is 0 Å². The molecule has 2 unspecified atom stereocenters. The second-order valence-electron chi connectivity index (χ2n) is 4.85. The van der Waals surface area contributed by atoms with Gasteiger partial charge in [0, 0.05) is 16.7 Å². The van der Waals surface area contributed by atoms with E-state index in [0.717, 1.165) is 35.5 Å². The van der Waals surface area contributed by atoms with Crippen LogP contribution in [0.5, 0.6) is 0 Å². The lowest BCUT2D eigenvalue weighted by Crippen LogP contribution is -2.24. The van der Waals surface area contributed by atoms with E-state index in [1.165, 1.54) is 5.56 Å². The van der Waals surface area contributed by atoms with Gasteiger partial charge in [-0.25, -0.2) is 0 Å². The summed E-state index contributed by atoms with van der Waals surface area (Å²) in [5.74, 6) is 0.766. The molecule has 2 atom stereocenters. The Labute approximate surface area is 114 Å². The molecule has 1 rings (SSSR count). The van der Waals surface area contributed by atoms with E-state index >= 15 is 0 Å². The van der Waals surface area contributed by atoms with Crippen molar-refractivity contribution in [3.63, 3.8) is 0 Å². The van der Waals surface area contributed by atoms with Gasteiger partial charge in [0.25, 0.3) is 0 Å². The molecule has 0 aliphatic heterocycles. The van der Waals surface area contributed by atoms with Gasteiger partial charge in [0.2, 0.25) is 0 Å². The van der Waals surface area contributed by atoms with Crippen LogP contribution in [0.1, 0.15) is 37.3 Å². The zero-order valence-electron chi connectivity index (χ0n) is 12.0. The Morgan fingerprint density at radius 3 is 2.67 bits per heavy atom.